The standard InChI is InChI=1S/C12H22N4/c1-4-16-11(14-9-15-16)6-12(5-10(2)3)7-13-8-12/h9-10,13H,4-8H2,1-3H3. The van der Waals surface area contributed by atoms with Crippen LogP contribution in [0.3, 0.4) is 0 Å². The average molecular weight is 222 g/mol. The molecule has 0 aromatic carbocycles. The second kappa shape index (κ2) is 4.53. The highest BCUT2D eigenvalue weighted by Gasteiger charge is 2.38. The first-order valence-electron chi connectivity index (χ1n) is 6.22. The van der Waals surface area contributed by atoms with E-state index in [2.05, 4.69) is 36.2 Å². The predicted molar refractivity (Wildman–Crippen MR) is 64.2 cm³/mol. The van der Waals surface area contributed by atoms with E-state index in [-0.39, 0.29) is 0 Å². The Morgan fingerprint density at radius 2 is 2.25 bits per heavy atom. The minimum absolute atomic E-state index is 0.425. The second-order valence-corrected chi connectivity index (χ2v) is 5.37. The van der Waals surface area contributed by atoms with Gasteiger partial charge in [0.15, 0.2) is 0 Å². The van der Waals surface area contributed by atoms with Gasteiger partial charge in [0.05, 0.1) is 0 Å². The quantitative estimate of drug-likeness (QED) is 0.820. The van der Waals surface area contributed by atoms with Crippen LogP contribution in [0.1, 0.15) is 33.0 Å². The number of nitrogens with one attached hydrogen (secondary N) is 1. The van der Waals surface area contributed by atoms with Crippen molar-refractivity contribution in [1.29, 1.82) is 0 Å². The third-order valence-electron chi connectivity index (χ3n) is 3.37. The van der Waals surface area contributed by atoms with Gasteiger partial charge in [0.25, 0.3) is 0 Å². The number of hydrogen-bond acceptors (Lipinski definition) is 3. The van der Waals surface area contributed by atoms with Crippen LogP contribution in [0.4, 0.5) is 0 Å². The Kier molecular flexibility index (Phi) is 3.28. The molecule has 90 valence electrons. The van der Waals surface area contributed by atoms with Gasteiger partial charge in [-0.25, -0.2) is 4.98 Å². The highest BCUT2D eigenvalue weighted by atomic mass is 15.3. The van der Waals surface area contributed by atoms with E-state index in [1.54, 1.807) is 6.33 Å². The molecule has 1 N–H and O–H groups in total. The molecule has 4 heteroatoms. The Bertz CT molecular complexity index is 339. The van der Waals surface area contributed by atoms with Crippen molar-refractivity contribution in [2.24, 2.45) is 11.3 Å². The van der Waals surface area contributed by atoms with Crippen LogP contribution in [0.5, 0.6) is 0 Å². The molecule has 0 aliphatic carbocycles. The lowest BCUT2D eigenvalue weighted by Crippen LogP contribution is -2.55. The molecule has 16 heavy (non-hydrogen) atoms. The van der Waals surface area contributed by atoms with E-state index in [1.165, 1.54) is 6.42 Å². The zero-order valence-electron chi connectivity index (χ0n) is 10.5. The van der Waals surface area contributed by atoms with Gasteiger partial charge in [0, 0.05) is 31.5 Å². The lowest BCUT2D eigenvalue weighted by atomic mass is 9.72. The number of rotatable bonds is 5. The van der Waals surface area contributed by atoms with Gasteiger partial charge in [-0.05, 0) is 19.3 Å². The van der Waals surface area contributed by atoms with Crippen LogP contribution in [0.25, 0.3) is 0 Å². The number of aromatic nitrogens is 3. The van der Waals surface area contributed by atoms with E-state index >= 15 is 0 Å². The maximum atomic E-state index is 4.39. The van der Waals surface area contributed by atoms with E-state index in [9.17, 15) is 0 Å². The highest BCUT2D eigenvalue weighted by molar-refractivity contribution is 5.01. The fourth-order valence-electron chi connectivity index (χ4n) is 2.71. The molecule has 1 aromatic heterocycles. The summed E-state index contributed by atoms with van der Waals surface area (Å²) in [7, 11) is 0. The van der Waals surface area contributed by atoms with Crippen molar-refractivity contribution in [3.63, 3.8) is 0 Å². The minimum Gasteiger partial charge on any atom is -0.316 e. The molecule has 1 aromatic rings. The molecule has 0 amide bonds. The zero-order valence-corrected chi connectivity index (χ0v) is 10.5. The number of nitrogens with zero attached hydrogens (tertiary/aromatic N) is 3. The van der Waals surface area contributed by atoms with Gasteiger partial charge < -0.3 is 5.32 Å². The summed E-state index contributed by atoms with van der Waals surface area (Å²) in [5.41, 5.74) is 0.425. The Labute approximate surface area is 97.5 Å². The molecule has 1 saturated heterocycles. The second-order valence-electron chi connectivity index (χ2n) is 5.37. The molecule has 0 radical (unpaired) electrons. The van der Waals surface area contributed by atoms with Crippen molar-refractivity contribution in [3.8, 4) is 0 Å². The van der Waals surface area contributed by atoms with E-state index in [0.717, 1.165) is 37.8 Å². The fourth-order valence-corrected chi connectivity index (χ4v) is 2.71. The van der Waals surface area contributed by atoms with Gasteiger partial charge in [0.1, 0.15) is 12.2 Å². The predicted octanol–water partition coefficient (Wildman–Crippen LogP) is 1.48. The van der Waals surface area contributed by atoms with Crippen LogP contribution >= 0.6 is 0 Å². The van der Waals surface area contributed by atoms with Crippen molar-refractivity contribution in [1.82, 2.24) is 20.1 Å². The third-order valence-corrected chi connectivity index (χ3v) is 3.37. The van der Waals surface area contributed by atoms with Crippen LogP contribution in [-0.2, 0) is 13.0 Å². The number of hydrogen-bond donors (Lipinski definition) is 1. The van der Waals surface area contributed by atoms with Crippen LogP contribution in [-0.4, -0.2) is 27.9 Å². The highest BCUT2D eigenvalue weighted by Crippen LogP contribution is 2.34. The molecule has 2 rings (SSSR count). The molecule has 1 aliphatic rings. The van der Waals surface area contributed by atoms with Gasteiger partial charge in [-0.2, -0.15) is 5.10 Å². The summed E-state index contributed by atoms with van der Waals surface area (Å²) < 4.78 is 2.01. The minimum atomic E-state index is 0.425. The fraction of sp³-hybridized carbons (Fsp3) is 0.833. The summed E-state index contributed by atoms with van der Waals surface area (Å²) in [4.78, 5) is 4.39. The summed E-state index contributed by atoms with van der Waals surface area (Å²) in [6.45, 7) is 9.88. The van der Waals surface area contributed by atoms with Crippen molar-refractivity contribution < 1.29 is 0 Å². The van der Waals surface area contributed by atoms with Gasteiger partial charge in [-0.3, -0.25) is 4.68 Å². The first-order chi connectivity index (χ1) is 7.65. The summed E-state index contributed by atoms with van der Waals surface area (Å²) in [6, 6.07) is 0. The number of aryl methyl sites for hydroxylation is 1. The van der Waals surface area contributed by atoms with Crippen molar-refractivity contribution >= 4 is 0 Å². The Hall–Kier alpha value is -0.900. The van der Waals surface area contributed by atoms with Crippen molar-refractivity contribution in [2.75, 3.05) is 13.1 Å². The molecule has 2 heterocycles. The largest absolute Gasteiger partial charge is 0.316 e. The lowest BCUT2D eigenvalue weighted by Gasteiger charge is -2.43. The maximum absolute atomic E-state index is 4.39. The van der Waals surface area contributed by atoms with Crippen molar-refractivity contribution in [3.05, 3.63) is 12.2 Å². The average Bonchev–Trinajstić information content (AvgIpc) is 2.61. The molecule has 0 spiro atoms. The van der Waals surface area contributed by atoms with Crippen molar-refractivity contribution in [2.45, 2.75) is 40.2 Å². The van der Waals surface area contributed by atoms with E-state index in [4.69, 9.17) is 0 Å². The monoisotopic (exact) mass is 222 g/mol. The van der Waals surface area contributed by atoms with Gasteiger partial charge in [0.2, 0.25) is 0 Å². The maximum Gasteiger partial charge on any atom is 0.138 e. The zero-order chi connectivity index (χ0) is 11.6. The van der Waals surface area contributed by atoms with E-state index in [0.29, 0.717) is 5.41 Å². The molecule has 0 bridgehead atoms. The van der Waals surface area contributed by atoms with Gasteiger partial charge >= 0.3 is 0 Å². The lowest BCUT2D eigenvalue weighted by molar-refractivity contribution is 0.126. The van der Waals surface area contributed by atoms with Crippen LogP contribution in [0.2, 0.25) is 0 Å². The van der Waals surface area contributed by atoms with Crippen LogP contribution < -0.4 is 5.32 Å². The summed E-state index contributed by atoms with van der Waals surface area (Å²) in [6.07, 6.45) is 4.01. The molecular formula is C12H22N4. The normalized spacial score (nSPS) is 18.8. The Morgan fingerprint density at radius 3 is 2.75 bits per heavy atom. The summed E-state index contributed by atoms with van der Waals surface area (Å²) >= 11 is 0. The van der Waals surface area contributed by atoms with E-state index in [1.807, 2.05) is 4.68 Å². The molecule has 4 nitrogen and oxygen atoms in total. The smallest absolute Gasteiger partial charge is 0.138 e. The summed E-state index contributed by atoms with van der Waals surface area (Å²) in [5.74, 6) is 1.89. The first-order valence-corrected chi connectivity index (χ1v) is 6.22. The van der Waals surface area contributed by atoms with Gasteiger partial charge in [-0.15, -0.1) is 0 Å². The van der Waals surface area contributed by atoms with Crippen LogP contribution in [0, 0.1) is 11.3 Å². The molecular weight excluding hydrogens is 200 g/mol. The third kappa shape index (κ3) is 2.26. The topological polar surface area (TPSA) is 42.7 Å². The molecule has 1 aliphatic heterocycles. The van der Waals surface area contributed by atoms with Gasteiger partial charge in [-0.1, -0.05) is 13.8 Å². The van der Waals surface area contributed by atoms with Crippen LogP contribution in [0.15, 0.2) is 6.33 Å². The SMILES string of the molecule is CCn1ncnc1CC1(CC(C)C)CNC1. The molecule has 1 fully saturated rings. The molecule has 0 unspecified atom stereocenters. The molecule has 0 saturated carbocycles. The van der Waals surface area contributed by atoms with E-state index < -0.39 is 0 Å². The Balaban J connectivity index is 2.06. The molecule has 0 atom stereocenters. The summed E-state index contributed by atoms with van der Waals surface area (Å²) in [5, 5.41) is 7.64. The Morgan fingerprint density at radius 1 is 1.50 bits per heavy atom. The first kappa shape index (κ1) is 11.6.